The fraction of sp³-hybridized carbons (Fsp3) is 0.273. The van der Waals surface area contributed by atoms with E-state index in [0.29, 0.717) is 0 Å². The number of hydrogen-bond acceptors (Lipinski definition) is 2. The first-order valence-corrected chi connectivity index (χ1v) is 13.3. The predicted octanol–water partition coefficient (Wildman–Crippen LogP) is 7.09. The Bertz CT molecular complexity index is 1140. The molecule has 1 saturated heterocycles. The van der Waals surface area contributed by atoms with Crippen LogP contribution in [0.2, 0.25) is 5.02 Å². The summed E-state index contributed by atoms with van der Waals surface area (Å²) in [5.74, 6) is 0. The Hall–Kier alpha value is -2.91. The van der Waals surface area contributed by atoms with E-state index in [1.807, 2.05) is 18.2 Å². The normalized spacial score (nSPS) is 16.1. The lowest BCUT2D eigenvalue weighted by atomic mass is 9.67. The van der Waals surface area contributed by atoms with E-state index in [0.717, 1.165) is 49.5 Å². The molecule has 1 heterocycles. The summed E-state index contributed by atoms with van der Waals surface area (Å²) in [4.78, 5) is 2.56. The second-order valence-electron chi connectivity index (χ2n) is 10.0. The van der Waals surface area contributed by atoms with E-state index >= 15 is 0 Å². The van der Waals surface area contributed by atoms with Crippen molar-refractivity contribution in [2.24, 2.45) is 0 Å². The number of nitrogens with zero attached hydrogens (tertiary/aromatic N) is 1. The first-order valence-electron chi connectivity index (χ1n) is 12.9. The van der Waals surface area contributed by atoms with Crippen LogP contribution in [0.1, 0.15) is 41.5 Å². The molecular formula is C33H34ClNO. The number of hydrogen-bond donors (Lipinski definition) is 1. The molecule has 0 saturated carbocycles. The lowest BCUT2D eigenvalue weighted by Gasteiger charge is -2.43. The average molecular weight is 496 g/mol. The Morgan fingerprint density at radius 1 is 0.667 bits per heavy atom. The lowest BCUT2D eigenvalue weighted by molar-refractivity contribution is 0.0984. The van der Waals surface area contributed by atoms with Gasteiger partial charge in [0.05, 0.1) is 6.61 Å². The molecule has 36 heavy (non-hydrogen) atoms. The summed E-state index contributed by atoms with van der Waals surface area (Å²) in [7, 11) is 0. The number of aliphatic hydroxyl groups excluding tert-OH is 1. The van der Waals surface area contributed by atoms with Gasteiger partial charge < -0.3 is 10.0 Å². The zero-order valence-corrected chi connectivity index (χ0v) is 21.4. The molecule has 3 heteroatoms. The highest BCUT2D eigenvalue weighted by atomic mass is 35.5. The van der Waals surface area contributed by atoms with Crippen LogP contribution in [-0.2, 0) is 10.8 Å². The van der Waals surface area contributed by atoms with Crippen LogP contribution in [0.15, 0.2) is 115 Å². The van der Waals surface area contributed by atoms with Crippen LogP contribution in [0.5, 0.6) is 0 Å². The summed E-state index contributed by atoms with van der Waals surface area (Å²) < 4.78 is 0. The number of likely N-dealkylation sites (tertiary alicyclic amines) is 1. The van der Waals surface area contributed by atoms with E-state index in [1.54, 1.807) is 0 Å². The third-order valence-corrected chi connectivity index (χ3v) is 8.49. The number of rotatable bonds is 8. The monoisotopic (exact) mass is 495 g/mol. The molecular weight excluding hydrogens is 462 g/mol. The van der Waals surface area contributed by atoms with Crippen LogP contribution < -0.4 is 0 Å². The van der Waals surface area contributed by atoms with Crippen LogP contribution >= 0.6 is 11.6 Å². The van der Waals surface area contributed by atoms with Crippen molar-refractivity contribution in [1.29, 1.82) is 0 Å². The number of halogens is 1. The summed E-state index contributed by atoms with van der Waals surface area (Å²) in [6.07, 6.45) is 2.79. The topological polar surface area (TPSA) is 23.5 Å². The summed E-state index contributed by atoms with van der Waals surface area (Å²) >= 11 is 6.56. The molecule has 1 N–H and O–H groups in total. The van der Waals surface area contributed by atoms with Gasteiger partial charge in [0.2, 0.25) is 0 Å². The van der Waals surface area contributed by atoms with Gasteiger partial charge in [0, 0.05) is 15.9 Å². The third-order valence-electron chi connectivity index (χ3n) is 8.16. The highest BCUT2D eigenvalue weighted by Crippen LogP contribution is 2.43. The van der Waals surface area contributed by atoms with Crippen molar-refractivity contribution in [2.75, 3.05) is 26.2 Å². The van der Waals surface area contributed by atoms with Gasteiger partial charge in [-0.1, -0.05) is 121 Å². The smallest absolute Gasteiger partial charge is 0.0529 e. The first-order chi connectivity index (χ1) is 17.7. The molecule has 0 amide bonds. The first kappa shape index (κ1) is 24.8. The average Bonchev–Trinajstić information content (AvgIpc) is 2.96. The SMILES string of the molecule is OCC1(c2ccccc2Cl)CCN(CCC(c2ccccc2)(c2ccccc2)c2ccccc2)CC1. The number of aliphatic hydroxyl groups is 1. The van der Waals surface area contributed by atoms with Crippen molar-refractivity contribution in [3.8, 4) is 0 Å². The third kappa shape index (κ3) is 4.74. The lowest BCUT2D eigenvalue weighted by Crippen LogP contribution is -2.46. The minimum Gasteiger partial charge on any atom is -0.395 e. The van der Waals surface area contributed by atoms with Gasteiger partial charge in [0.15, 0.2) is 0 Å². The molecule has 2 nitrogen and oxygen atoms in total. The van der Waals surface area contributed by atoms with Crippen molar-refractivity contribution < 1.29 is 5.11 Å². The minimum absolute atomic E-state index is 0.132. The summed E-state index contributed by atoms with van der Waals surface area (Å²) in [6, 6.07) is 40.8. The fourth-order valence-electron chi connectivity index (χ4n) is 6.04. The van der Waals surface area contributed by atoms with Crippen LogP contribution in [0.4, 0.5) is 0 Å². The van der Waals surface area contributed by atoms with Gasteiger partial charge >= 0.3 is 0 Å². The van der Waals surface area contributed by atoms with Crippen LogP contribution in [-0.4, -0.2) is 36.2 Å². The quantitative estimate of drug-likeness (QED) is 0.264. The van der Waals surface area contributed by atoms with Gasteiger partial charge in [-0.2, -0.15) is 0 Å². The highest BCUT2D eigenvalue weighted by Gasteiger charge is 2.39. The molecule has 0 aliphatic carbocycles. The Kier molecular flexibility index (Phi) is 7.57. The van der Waals surface area contributed by atoms with Crippen molar-refractivity contribution in [3.63, 3.8) is 0 Å². The van der Waals surface area contributed by atoms with E-state index in [1.165, 1.54) is 16.7 Å². The van der Waals surface area contributed by atoms with E-state index in [9.17, 15) is 5.11 Å². The van der Waals surface area contributed by atoms with Crippen molar-refractivity contribution in [3.05, 3.63) is 143 Å². The Balaban J connectivity index is 1.44. The molecule has 5 rings (SSSR count). The Morgan fingerprint density at radius 3 is 1.56 bits per heavy atom. The Labute approximate surface area is 220 Å². The predicted molar refractivity (Wildman–Crippen MR) is 150 cm³/mol. The van der Waals surface area contributed by atoms with E-state index in [4.69, 9.17) is 11.6 Å². The molecule has 0 unspecified atom stereocenters. The number of benzene rings is 4. The second kappa shape index (κ2) is 11.0. The molecule has 0 atom stereocenters. The molecule has 1 aliphatic rings. The molecule has 0 aromatic heterocycles. The largest absolute Gasteiger partial charge is 0.395 e. The van der Waals surface area contributed by atoms with Crippen molar-refractivity contribution in [1.82, 2.24) is 4.90 Å². The van der Waals surface area contributed by atoms with Gasteiger partial charge in [0.25, 0.3) is 0 Å². The molecule has 0 radical (unpaired) electrons. The molecule has 1 fully saturated rings. The molecule has 0 spiro atoms. The minimum atomic E-state index is -0.260. The molecule has 1 aliphatic heterocycles. The Morgan fingerprint density at radius 2 is 1.11 bits per heavy atom. The van der Waals surface area contributed by atoms with Crippen molar-refractivity contribution in [2.45, 2.75) is 30.1 Å². The molecule has 0 bridgehead atoms. The van der Waals surface area contributed by atoms with Gasteiger partial charge in [0.1, 0.15) is 0 Å². The number of piperidine rings is 1. The van der Waals surface area contributed by atoms with Crippen molar-refractivity contribution >= 4 is 11.6 Å². The molecule has 4 aromatic rings. The standard InChI is InChI=1S/C33H34ClNO/c34-31-19-11-10-18-30(31)32(26-36)20-23-35(24-21-32)25-22-33(27-12-4-1-5-13-27,28-14-6-2-7-15-28)29-16-8-3-9-17-29/h1-19,36H,20-26H2. The van der Waals surface area contributed by atoms with Gasteiger partial charge in [-0.25, -0.2) is 0 Å². The summed E-state index contributed by atoms with van der Waals surface area (Å²) in [5.41, 5.74) is 4.55. The fourth-order valence-corrected chi connectivity index (χ4v) is 6.37. The van der Waals surface area contributed by atoms with E-state index in [-0.39, 0.29) is 17.4 Å². The van der Waals surface area contributed by atoms with Gasteiger partial charge in [-0.05, 0) is 67.2 Å². The van der Waals surface area contributed by atoms with E-state index in [2.05, 4.69) is 102 Å². The summed E-state index contributed by atoms with van der Waals surface area (Å²) in [5, 5.41) is 11.2. The van der Waals surface area contributed by atoms with Crippen LogP contribution in [0.25, 0.3) is 0 Å². The maximum atomic E-state index is 10.4. The molecule has 184 valence electrons. The molecule has 4 aromatic carbocycles. The maximum Gasteiger partial charge on any atom is 0.0529 e. The maximum absolute atomic E-state index is 10.4. The van der Waals surface area contributed by atoms with Crippen LogP contribution in [0, 0.1) is 0 Å². The van der Waals surface area contributed by atoms with Crippen LogP contribution in [0.3, 0.4) is 0 Å². The summed E-state index contributed by atoms with van der Waals surface area (Å²) in [6.45, 7) is 3.00. The van der Waals surface area contributed by atoms with Gasteiger partial charge in [-0.3, -0.25) is 0 Å². The van der Waals surface area contributed by atoms with Gasteiger partial charge in [-0.15, -0.1) is 0 Å². The second-order valence-corrected chi connectivity index (χ2v) is 10.4. The van der Waals surface area contributed by atoms with E-state index < -0.39 is 0 Å². The highest BCUT2D eigenvalue weighted by molar-refractivity contribution is 6.31. The zero-order chi connectivity index (χ0) is 24.8. The zero-order valence-electron chi connectivity index (χ0n) is 20.7.